The number of fused-ring (bicyclic) bond motifs is 1. The van der Waals surface area contributed by atoms with Crippen molar-refractivity contribution < 1.29 is 0 Å². The van der Waals surface area contributed by atoms with Gasteiger partial charge >= 0.3 is 0 Å². The maximum atomic E-state index is 5.98. The Morgan fingerprint density at radius 3 is 2.82 bits per heavy atom. The summed E-state index contributed by atoms with van der Waals surface area (Å²) in [5, 5.41) is 8.71. The first-order valence-electron chi connectivity index (χ1n) is 5.86. The molecule has 0 aliphatic carbocycles. The fourth-order valence-corrected chi connectivity index (χ4v) is 2.39. The summed E-state index contributed by atoms with van der Waals surface area (Å²) >= 11 is 5.98. The predicted molar refractivity (Wildman–Crippen MR) is 66.4 cm³/mol. The lowest BCUT2D eigenvalue weighted by Crippen LogP contribution is -2.34. The number of anilines is 1. The van der Waals surface area contributed by atoms with Crippen LogP contribution in [0.1, 0.15) is 19.8 Å². The second-order valence-electron chi connectivity index (χ2n) is 4.58. The lowest BCUT2D eigenvalue weighted by atomic mass is 10.00. The quantitative estimate of drug-likeness (QED) is 0.778. The molecule has 3 rings (SSSR count). The number of piperidine rings is 1. The summed E-state index contributed by atoms with van der Waals surface area (Å²) in [4.78, 5) is 6.26. The van der Waals surface area contributed by atoms with Crippen molar-refractivity contribution in [3.63, 3.8) is 0 Å². The van der Waals surface area contributed by atoms with E-state index >= 15 is 0 Å². The Morgan fingerprint density at radius 2 is 2.06 bits per heavy atom. The zero-order valence-electron chi connectivity index (χ0n) is 9.67. The largest absolute Gasteiger partial charge is 0.341 e. The van der Waals surface area contributed by atoms with Crippen LogP contribution in [-0.4, -0.2) is 32.7 Å². The molecule has 90 valence electrons. The van der Waals surface area contributed by atoms with E-state index in [1.165, 1.54) is 12.8 Å². The molecule has 1 aliphatic heterocycles. The normalized spacial score (nSPS) is 17.9. The lowest BCUT2D eigenvalue weighted by Gasteiger charge is -2.30. The summed E-state index contributed by atoms with van der Waals surface area (Å²) in [6.45, 7) is 4.35. The molecule has 5 nitrogen and oxygen atoms in total. The smallest absolute Gasteiger partial charge is 0.231 e. The number of hydrogen-bond donors (Lipinski definition) is 0. The standard InChI is InChI=1S/C11H14ClN5/c1-8-2-5-16(6-3-8)11-15-14-10-9(12)13-4-7-17(10)11/h4,7-8H,2-3,5-6H2,1H3. The monoisotopic (exact) mass is 251 g/mol. The first-order chi connectivity index (χ1) is 8.25. The molecule has 0 amide bonds. The highest BCUT2D eigenvalue weighted by Crippen LogP contribution is 2.23. The highest BCUT2D eigenvalue weighted by molar-refractivity contribution is 6.32. The zero-order chi connectivity index (χ0) is 11.8. The third-order valence-corrected chi connectivity index (χ3v) is 3.60. The number of aromatic nitrogens is 4. The van der Waals surface area contributed by atoms with Crippen molar-refractivity contribution in [1.82, 2.24) is 19.6 Å². The molecule has 0 spiro atoms. The van der Waals surface area contributed by atoms with Gasteiger partial charge in [0.25, 0.3) is 0 Å². The van der Waals surface area contributed by atoms with Crippen LogP contribution in [0.5, 0.6) is 0 Å². The van der Waals surface area contributed by atoms with E-state index in [1.54, 1.807) is 6.20 Å². The molecule has 0 N–H and O–H groups in total. The van der Waals surface area contributed by atoms with Gasteiger partial charge in [0.2, 0.25) is 5.95 Å². The summed E-state index contributed by atoms with van der Waals surface area (Å²) < 4.78 is 1.91. The van der Waals surface area contributed by atoms with Crippen molar-refractivity contribution in [3.8, 4) is 0 Å². The van der Waals surface area contributed by atoms with Gasteiger partial charge in [-0.05, 0) is 18.8 Å². The van der Waals surface area contributed by atoms with Crippen LogP contribution in [0.15, 0.2) is 12.4 Å². The average molecular weight is 252 g/mol. The van der Waals surface area contributed by atoms with Crippen molar-refractivity contribution >= 4 is 23.2 Å². The Kier molecular flexibility index (Phi) is 2.63. The molecule has 17 heavy (non-hydrogen) atoms. The molecule has 0 atom stereocenters. The summed E-state index contributed by atoms with van der Waals surface area (Å²) in [5.74, 6) is 1.67. The fraction of sp³-hybridized carbons (Fsp3) is 0.545. The van der Waals surface area contributed by atoms with Crippen molar-refractivity contribution in [2.24, 2.45) is 5.92 Å². The molecule has 0 radical (unpaired) electrons. The van der Waals surface area contributed by atoms with Crippen LogP contribution in [0.2, 0.25) is 5.15 Å². The second kappa shape index (κ2) is 4.14. The first-order valence-corrected chi connectivity index (χ1v) is 6.23. The summed E-state index contributed by atoms with van der Waals surface area (Å²) in [7, 11) is 0. The number of rotatable bonds is 1. The van der Waals surface area contributed by atoms with Crippen LogP contribution < -0.4 is 4.90 Å². The van der Waals surface area contributed by atoms with E-state index in [9.17, 15) is 0 Å². The number of hydrogen-bond acceptors (Lipinski definition) is 4. The van der Waals surface area contributed by atoms with E-state index in [0.29, 0.717) is 10.8 Å². The van der Waals surface area contributed by atoms with Crippen LogP contribution in [0, 0.1) is 5.92 Å². The highest BCUT2D eigenvalue weighted by Gasteiger charge is 2.20. The minimum absolute atomic E-state index is 0.400. The minimum atomic E-state index is 0.400. The Hall–Kier alpha value is -1.36. The van der Waals surface area contributed by atoms with Gasteiger partial charge in [0.1, 0.15) is 0 Å². The summed E-state index contributed by atoms with van der Waals surface area (Å²) in [5.41, 5.74) is 0.628. The van der Waals surface area contributed by atoms with E-state index in [0.717, 1.165) is 25.0 Å². The summed E-state index contributed by atoms with van der Waals surface area (Å²) in [6.07, 6.45) is 5.94. The number of nitrogens with zero attached hydrogens (tertiary/aromatic N) is 5. The lowest BCUT2D eigenvalue weighted by molar-refractivity contribution is 0.434. The molecule has 0 bridgehead atoms. The van der Waals surface area contributed by atoms with Crippen molar-refractivity contribution in [2.75, 3.05) is 18.0 Å². The minimum Gasteiger partial charge on any atom is -0.341 e. The Balaban J connectivity index is 1.98. The van der Waals surface area contributed by atoms with Gasteiger partial charge in [0.05, 0.1) is 0 Å². The number of halogens is 1. The molecule has 6 heteroatoms. The second-order valence-corrected chi connectivity index (χ2v) is 4.94. The third-order valence-electron chi connectivity index (χ3n) is 3.33. The van der Waals surface area contributed by atoms with Gasteiger partial charge in [-0.1, -0.05) is 18.5 Å². The van der Waals surface area contributed by atoms with Crippen LogP contribution in [-0.2, 0) is 0 Å². The van der Waals surface area contributed by atoms with Crippen LogP contribution >= 0.6 is 11.6 Å². The predicted octanol–water partition coefficient (Wildman–Crippen LogP) is 2.01. The molecule has 1 saturated heterocycles. The third kappa shape index (κ3) is 1.84. The van der Waals surface area contributed by atoms with Crippen molar-refractivity contribution in [2.45, 2.75) is 19.8 Å². The molecule has 2 aromatic rings. The molecular formula is C11H14ClN5. The highest BCUT2D eigenvalue weighted by atomic mass is 35.5. The Bertz CT molecular complexity index is 530. The molecule has 0 aromatic carbocycles. The molecule has 2 aromatic heterocycles. The van der Waals surface area contributed by atoms with Gasteiger partial charge in [-0.15, -0.1) is 10.2 Å². The van der Waals surface area contributed by atoms with Crippen LogP contribution in [0.3, 0.4) is 0 Å². The maximum Gasteiger partial charge on any atom is 0.231 e. The molecule has 1 fully saturated rings. The zero-order valence-corrected chi connectivity index (χ0v) is 10.4. The first kappa shape index (κ1) is 10.8. The van der Waals surface area contributed by atoms with Crippen molar-refractivity contribution in [3.05, 3.63) is 17.5 Å². The van der Waals surface area contributed by atoms with Gasteiger partial charge in [-0.25, -0.2) is 4.98 Å². The topological polar surface area (TPSA) is 46.3 Å². The fourth-order valence-electron chi connectivity index (χ4n) is 2.21. The van der Waals surface area contributed by atoms with Gasteiger partial charge < -0.3 is 4.90 Å². The van der Waals surface area contributed by atoms with Gasteiger partial charge in [0, 0.05) is 25.5 Å². The van der Waals surface area contributed by atoms with E-state index in [2.05, 4.69) is 27.0 Å². The van der Waals surface area contributed by atoms with E-state index in [-0.39, 0.29) is 0 Å². The summed E-state index contributed by atoms with van der Waals surface area (Å²) in [6, 6.07) is 0. The molecule has 0 saturated carbocycles. The van der Waals surface area contributed by atoms with Gasteiger partial charge in [-0.2, -0.15) is 0 Å². The average Bonchev–Trinajstić information content (AvgIpc) is 2.75. The van der Waals surface area contributed by atoms with Crippen LogP contribution in [0.4, 0.5) is 5.95 Å². The molecule has 1 aliphatic rings. The van der Waals surface area contributed by atoms with E-state index < -0.39 is 0 Å². The Morgan fingerprint density at radius 1 is 1.29 bits per heavy atom. The molecule has 0 unspecified atom stereocenters. The van der Waals surface area contributed by atoms with E-state index in [4.69, 9.17) is 11.6 Å². The van der Waals surface area contributed by atoms with Gasteiger partial charge in [-0.3, -0.25) is 4.40 Å². The SMILES string of the molecule is CC1CCN(c2nnc3c(Cl)nccn23)CC1. The maximum absolute atomic E-state index is 5.98. The Labute approximate surface area is 104 Å². The van der Waals surface area contributed by atoms with Crippen LogP contribution in [0.25, 0.3) is 5.65 Å². The van der Waals surface area contributed by atoms with E-state index in [1.807, 2.05) is 10.6 Å². The van der Waals surface area contributed by atoms with Crippen molar-refractivity contribution in [1.29, 1.82) is 0 Å². The molecule has 3 heterocycles. The van der Waals surface area contributed by atoms with Gasteiger partial charge in [0.15, 0.2) is 10.8 Å². The molecular weight excluding hydrogens is 238 g/mol.